The average Bonchev–Trinajstić information content (AvgIpc) is 2.48. The van der Waals surface area contributed by atoms with E-state index >= 15 is 0 Å². The van der Waals surface area contributed by atoms with Crippen LogP contribution in [-0.2, 0) is 0 Å². The Kier molecular flexibility index (Phi) is 3.92. The van der Waals surface area contributed by atoms with Crippen LogP contribution in [0.3, 0.4) is 0 Å². The van der Waals surface area contributed by atoms with E-state index in [-0.39, 0.29) is 5.82 Å². The molecule has 1 aliphatic heterocycles. The van der Waals surface area contributed by atoms with Crippen LogP contribution in [0.5, 0.6) is 0 Å². The highest BCUT2D eigenvalue weighted by Crippen LogP contribution is 2.23. The van der Waals surface area contributed by atoms with Crippen LogP contribution < -0.4 is 15.5 Å². The van der Waals surface area contributed by atoms with Crippen LogP contribution in [0.25, 0.3) is 0 Å². The van der Waals surface area contributed by atoms with Gasteiger partial charge in [-0.25, -0.2) is 14.4 Å². The van der Waals surface area contributed by atoms with Crippen molar-refractivity contribution in [1.82, 2.24) is 9.97 Å². The Balaban J connectivity index is 1.68. The first-order valence-electron chi connectivity index (χ1n) is 6.66. The fourth-order valence-electron chi connectivity index (χ4n) is 2.40. The lowest BCUT2D eigenvalue weighted by molar-refractivity contribution is 0.587. The lowest BCUT2D eigenvalue weighted by atomic mass is 10.2. The molecule has 7 heteroatoms. The van der Waals surface area contributed by atoms with Crippen LogP contribution >= 0.6 is 15.9 Å². The quantitative estimate of drug-likeness (QED) is 0.899. The van der Waals surface area contributed by atoms with Crippen LogP contribution in [0.4, 0.5) is 21.7 Å². The second kappa shape index (κ2) is 5.85. The highest BCUT2D eigenvalue weighted by molar-refractivity contribution is 9.10. The number of piperazine rings is 1. The van der Waals surface area contributed by atoms with Crippen molar-refractivity contribution >= 4 is 33.3 Å². The lowest BCUT2D eigenvalue weighted by Gasteiger charge is -2.36. The summed E-state index contributed by atoms with van der Waals surface area (Å²) in [6, 6.07) is 5.19. The molecule has 0 aromatic carbocycles. The highest BCUT2D eigenvalue weighted by Gasteiger charge is 2.21. The first-order valence-corrected chi connectivity index (χ1v) is 7.45. The van der Waals surface area contributed by atoms with Crippen LogP contribution in [0.1, 0.15) is 0 Å². The second-order valence-corrected chi connectivity index (χ2v) is 5.79. The third-order valence-corrected chi connectivity index (χ3v) is 3.94. The molecule has 21 heavy (non-hydrogen) atoms. The fraction of sp³-hybridized carbons (Fsp3) is 0.286. The SMILES string of the molecule is Nc1ccc(N2CCN(c3ncc(Br)cc3F)CC2)cn1. The molecule has 2 aromatic heterocycles. The minimum absolute atomic E-state index is 0.299. The maximum atomic E-state index is 13.9. The molecule has 1 fully saturated rings. The number of nitrogens with two attached hydrogens (primary N) is 1. The van der Waals surface area contributed by atoms with Crippen molar-refractivity contribution in [2.24, 2.45) is 0 Å². The molecule has 0 aliphatic carbocycles. The van der Waals surface area contributed by atoms with Crippen LogP contribution in [-0.4, -0.2) is 36.1 Å². The van der Waals surface area contributed by atoms with Crippen molar-refractivity contribution in [3.05, 3.63) is 40.9 Å². The van der Waals surface area contributed by atoms with Gasteiger partial charge in [0, 0.05) is 36.8 Å². The Bertz CT molecular complexity index is 626. The van der Waals surface area contributed by atoms with Gasteiger partial charge in [-0.1, -0.05) is 0 Å². The predicted molar refractivity (Wildman–Crippen MR) is 85.0 cm³/mol. The van der Waals surface area contributed by atoms with E-state index in [1.807, 2.05) is 11.0 Å². The van der Waals surface area contributed by atoms with Crippen LogP contribution in [0.15, 0.2) is 35.1 Å². The standard InChI is InChI=1S/C14H15BrFN5/c15-10-7-12(16)14(19-8-10)21-5-3-20(4-6-21)11-1-2-13(17)18-9-11/h1-2,7-9H,3-6H2,(H2,17,18). The van der Waals surface area contributed by atoms with Gasteiger partial charge in [0.25, 0.3) is 0 Å². The van der Waals surface area contributed by atoms with Crippen molar-refractivity contribution in [2.75, 3.05) is 41.7 Å². The van der Waals surface area contributed by atoms with E-state index in [4.69, 9.17) is 5.73 Å². The summed E-state index contributed by atoms with van der Waals surface area (Å²) in [7, 11) is 0. The topological polar surface area (TPSA) is 58.3 Å². The van der Waals surface area contributed by atoms with Gasteiger partial charge >= 0.3 is 0 Å². The van der Waals surface area contributed by atoms with Gasteiger partial charge in [-0.2, -0.15) is 0 Å². The average molecular weight is 352 g/mol. The number of nitrogens with zero attached hydrogens (tertiary/aromatic N) is 4. The maximum absolute atomic E-state index is 13.9. The van der Waals surface area contributed by atoms with Gasteiger partial charge in [-0.3, -0.25) is 0 Å². The third-order valence-electron chi connectivity index (χ3n) is 3.50. The molecule has 1 aliphatic rings. The van der Waals surface area contributed by atoms with Crippen molar-refractivity contribution in [1.29, 1.82) is 0 Å². The Morgan fingerprint density at radius 1 is 1.05 bits per heavy atom. The normalized spacial score (nSPS) is 15.3. The van der Waals surface area contributed by atoms with Gasteiger partial charge in [0.05, 0.1) is 11.9 Å². The van der Waals surface area contributed by atoms with Crippen molar-refractivity contribution in [3.8, 4) is 0 Å². The molecule has 0 amide bonds. The zero-order valence-corrected chi connectivity index (χ0v) is 12.9. The minimum atomic E-state index is -0.299. The molecule has 2 N–H and O–H groups in total. The predicted octanol–water partition coefficient (Wildman–Crippen LogP) is 2.29. The van der Waals surface area contributed by atoms with Gasteiger partial charge < -0.3 is 15.5 Å². The summed E-state index contributed by atoms with van der Waals surface area (Å²) < 4.78 is 14.6. The first kappa shape index (κ1) is 14.1. The number of aromatic nitrogens is 2. The highest BCUT2D eigenvalue weighted by atomic mass is 79.9. The van der Waals surface area contributed by atoms with Crippen LogP contribution in [0.2, 0.25) is 0 Å². The van der Waals surface area contributed by atoms with Crippen LogP contribution in [0, 0.1) is 5.82 Å². The Labute approximate surface area is 130 Å². The van der Waals surface area contributed by atoms with Gasteiger partial charge in [0.1, 0.15) is 5.82 Å². The van der Waals surface area contributed by atoms with Crippen molar-refractivity contribution in [2.45, 2.75) is 0 Å². The van der Waals surface area contributed by atoms with Crippen molar-refractivity contribution < 1.29 is 4.39 Å². The third kappa shape index (κ3) is 3.07. The molecule has 0 atom stereocenters. The smallest absolute Gasteiger partial charge is 0.166 e. The van der Waals surface area contributed by atoms with E-state index in [9.17, 15) is 4.39 Å². The van der Waals surface area contributed by atoms with E-state index in [0.29, 0.717) is 16.1 Å². The number of hydrogen-bond donors (Lipinski definition) is 1. The van der Waals surface area contributed by atoms with Crippen molar-refractivity contribution in [3.63, 3.8) is 0 Å². The molecular formula is C14H15BrFN5. The zero-order chi connectivity index (χ0) is 14.8. The lowest BCUT2D eigenvalue weighted by Crippen LogP contribution is -2.47. The van der Waals surface area contributed by atoms with E-state index in [0.717, 1.165) is 31.9 Å². The number of rotatable bonds is 2. The Hall–Kier alpha value is -1.89. The Morgan fingerprint density at radius 2 is 1.76 bits per heavy atom. The minimum Gasteiger partial charge on any atom is -0.384 e. The molecule has 110 valence electrons. The molecule has 0 radical (unpaired) electrons. The molecule has 1 saturated heterocycles. The molecule has 0 saturated carbocycles. The zero-order valence-electron chi connectivity index (χ0n) is 11.3. The number of anilines is 3. The molecule has 2 aromatic rings. The first-order chi connectivity index (χ1) is 10.1. The summed E-state index contributed by atoms with van der Waals surface area (Å²) in [4.78, 5) is 12.4. The van der Waals surface area contributed by atoms with E-state index < -0.39 is 0 Å². The molecule has 5 nitrogen and oxygen atoms in total. The number of pyridine rings is 2. The molecule has 0 spiro atoms. The second-order valence-electron chi connectivity index (χ2n) is 4.87. The fourth-order valence-corrected chi connectivity index (χ4v) is 2.70. The number of halogens is 2. The molecule has 3 heterocycles. The summed E-state index contributed by atoms with van der Waals surface area (Å²) in [5.74, 6) is 0.624. The molecule has 0 unspecified atom stereocenters. The summed E-state index contributed by atoms with van der Waals surface area (Å²) in [5, 5.41) is 0. The van der Waals surface area contributed by atoms with E-state index in [2.05, 4.69) is 30.8 Å². The number of nitrogen functional groups attached to an aromatic ring is 1. The number of hydrogen-bond acceptors (Lipinski definition) is 5. The van der Waals surface area contributed by atoms with E-state index in [1.165, 1.54) is 6.07 Å². The summed E-state index contributed by atoms with van der Waals surface area (Å²) in [6.45, 7) is 3.03. The monoisotopic (exact) mass is 351 g/mol. The Morgan fingerprint density at radius 3 is 2.38 bits per heavy atom. The summed E-state index contributed by atoms with van der Waals surface area (Å²) >= 11 is 3.22. The van der Waals surface area contributed by atoms with Gasteiger partial charge in [0.2, 0.25) is 0 Å². The van der Waals surface area contributed by atoms with Gasteiger partial charge in [-0.05, 0) is 34.1 Å². The molecular weight excluding hydrogens is 337 g/mol. The van der Waals surface area contributed by atoms with Gasteiger partial charge in [-0.15, -0.1) is 0 Å². The largest absolute Gasteiger partial charge is 0.384 e. The van der Waals surface area contributed by atoms with Gasteiger partial charge in [0.15, 0.2) is 11.6 Å². The molecule has 0 bridgehead atoms. The maximum Gasteiger partial charge on any atom is 0.166 e. The summed E-state index contributed by atoms with van der Waals surface area (Å²) in [6.07, 6.45) is 3.39. The summed E-state index contributed by atoms with van der Waals surface area (Å²) in [5.41, 5.74) is 6.63. The van der Waals surface area contributed by atoms with E-state index in [1.54, 1.807) is 18.5 Å². The molecule has 3 rings (SSSR count).